The van der Waals surface area contributed by atoms with E-state index in [4.69, 9.17) is 0 Å². The number of aliphatic hydroxyl groups is 1. The first-order chi connectivity index (χ1) is 6.02. The molecule has 72 valence electrons. The quantitative estimate of drug-likeness (QED) is 0.862. The minimum Gasteiger partial charge on any atom is -0.388 e. The Morgan fingerprint density at radius 3 is 2.62 bits per heavy atom. The van der Waals surface area contributed by atoms with Crippen LogP contribution in [0.3, 0.4) is 0 Å². The van der Waals surface area contributed by atoms with E-state index in [0.717, 1.165) is 16.5 Å². The van der Waals surface area contributed by atoms with Crippen LogP contribution in [0.25, 0.3) is 0 Å². The van der Waals surface area contributed by atoms with Gasteiger partial charge in [0.25, 0.3) is 0 Å². The summed E-state index contributed by atoms with van der Waals surface area (Å²) in [7, 11) is 0. The van der Waals surface area contributed by atoms with Crippen LogP contribution in [0, 0.1) is 11.3 Å². The molecular weight excluding hydrogens is 248 g/mol. The SMILES string of the molecule is CC1(C)CC1C(O)c1cscc1Br. The lowest BCUT2D eigenvalue weighted by Gasteiger charge is -2.11. The first-order valence-corrected chi connectivity index (χ1v) is 6.15. The largest absolute Gasteiger partial charge is 0.388 e. The Morgan fingerprint density at radius 2 is 2.23 bits per heavy atom. The molecular formula is C10H13BrOS. The zero-order chi connectivity index (χ0) is 9.64. The van der Waals surface area contributed by atoms with Crippen LogP contribution in [-0.4, -0.2) is 5.11 Å². The minimum absolute atomic E-state index is 0.282. The second kappa shape index (κ2) is 3.07. The fourth-order valence-electron chi connectivity index (χ4n) is 1.77. The summed E-state index contributed by atoms with van der Waals surface area (Å²) in [6.07, 6.45) is 0.854. The lowest BCUT2D eigenvalue weighted by atomic mass is 10.0. The molecule has 2 rings (SSSR count). The van der Waals surface area contributed by atoms with E-state index in [2.05, 4.69) is 29.8 Å². The van der Waals surface area contributed by atoms with Gasteiger partial charge in [-0.15, -0.1) is 0 Å². The molecule has 1 aliphatic rings. The Hall–Kier alpha value is 0.140. The Labute approximate surface area is 90.9 Å². The van der Waals surface area contributed by atoms with Gasteiger partial charge in [0.15, 0.2) is 0 Å². The molecule has 1 aliphatic carbocycles. The molecule has 1 nitrogen and oxygen atoms in total. The van der Waals surface area contributed by atoms with Gasteiger partial charge in [-0.3, -0.25) is 0 Å². The van der Waals surface area contributed by atoms with Gasteiger partial charge in [-0.05, 0) is 39.1 Å². The predicted molar refractivity (Wildman–Crippen MR) is 58.9 cm³/mol. The molecule has 13 heavy (non-hydrogen) atoms. The summed E-state index contributed by atoms with van der Waals surface area (Å²) < 4.78 is 1.05. The summed E-state index contributed by atoms with van der Waals surface area (Å²) in [6.45, 7) is 4.42. The van der Waals surface area contributed by atoms with E-state index in [1.54, 1.807) is 11.3 Å². The lowest BCUT2D eigenvalue weighted by molar-refractivity contribution is 0.138. The minimum atomic E-state index is -0.282. The van der Waals surface area contributed by atoms with Gasteiger partial charge >= 0.3 is 0 Å². The maximum atomic E-state index is 10.0. The maximum Gasteiger partial charge on any atom is 0.0842 e. The second-order valence-corrected chi connectivity index (χ2v) is 6.02. The van der Waals surface area contributed by atoms with Gasteiger partial charge in [-0.2, -0.15) is 11.3 Å². The molecule has 1 N–H and O–H groups in total. The van der Waals surface area contributed by atoms with Crippen LogP contribution < -0.4 is 0 Å². The molecule has 1 aromatic heterocycles. The highest BCUT2D eigenvalue weighted by Crippen LogP contribution is 2.58. The molecule has 3 heteroatoms. The third-order valence-electron chi connectivity index (χ3n) is 2.93. The molecule has 1 saturated carbocycles. The van der Waals surface area contributed by atoms with Crippen LogP contribution in [-0.2, 0) is 0 Å². The Bertz CT molecular complexity index is 318. The number of thiophene rings is 1. The van der Waals surface area contributed by atoms with E-state index < -0.39 is 0 Å². The summed E-state index contributed by atoms with van der Waals surface area (Å²) in [6, 6.07) is 0. The predicted octanol–water partition coefficient (Wildman–Crippen LogP) is 3.59. The van der Waals surface area contributed by atoms with E-state index in [9.17, 15) is 5.11 Å². The zero-order valence-corrected chi connectivity index (χ0v) is 10.2. The Morgan fingerprint density at radius 1 is 1.62 bits per heavy atom. The Balaban J connectivity index is 2.15. The fraction of sp³-hybridized carbons (Fsp3) is 0.600. The highest BCUT2D eigenvalue weighted by molar-refractivity contribution is 9.10. The van der Waals surface area contributed by atoms with Crippen LogP contribution in [0.5, 0.6) is 0 Å². The van der Waals surface area contributed by atoms with Crippen molar-refractivity contribution in [3.63, 3.8) is 0 Å². The van der Waals surface area contributed by atoms with Crippen molar-refractivity contribution in [2.24, 2.45) is 11.3 Å². The molecule has 0 amide bonds. The van der Waals surface area contributed by atoms with Crippen molar-refractivity contribution in [3.8, 4) is 0 Å². The topological polar surface area (TPSA) is 20.2 Å². The number of rotatable bonds is 2. The van der Waals surface area contributed by atoms with Crippen molar-refractivity contribution in [3.05, 3.63) is 20.8 Å². The van der Waals surface area contributed by atoms with Gasteiger partial charge in [0.05, 0.1) is 6.10 Å². The van der Waals surface area contributed by atoms with Crippen molar-refractivity contribution in [2.75, 3.05) is 0 Å². The van der Waals surface area contributed by atoms with Crippen LogP contribution >= 0.6 is 27.3 Å². The molecule has 1 aromatic rings. The van der Waals surface area contributed by atoms with E-state index in [0.29, 0.717) is 11.3 Å². The molecule has 0 aromatic carbocycles. The summed E-state index contributed by atoms with van der Waals surface area (Å²) >= 11 is 5.08. The number of hydrogen-bond acceptors (Lipinski definition) is 2. The van der Waals surface area contributed by atoms with E-state index in [1.807, 2.05) is 10.8 Å². The standard InChI is InChI=1S/C10H13BrOS/c1-10(2)3-7(10)9(12)6-4-13-5-8(6)11/h4-5,7,9,12H,3H2,1-2H3. The molecule has 0 saturated heterocycles. The van der Waals surface area contributed by atoms with Crippen molar-refractivity contribution in [1.29, 1.82) is 0 Å². The fourth-order valence-corrected chi connectivity index (χ4v) is 3.33. The molecule has 0 radical (unpaired) electrons. The number of hydrogen-bond donors (Lipinski definition) is 1. The first-order valence-electron chi connectivity index (χ1n) is 4.42. The van der Waals surface area contributed by atoms with Crippen molar-refractivity contribution in [1.82, 2.24) is 0 Å². The second-order valence-electron chi connectivity index (χ2n) is 4.42. The highest BCUT2D eigenvalue weighted by atomic mass is 79.9. The van der Waals surface area contributed by atoms with Crippen molar-refractivity contribution < 1.29 is 5.11 Å². The summed E-state index contributed by atoms with van der Waals surface area (Å²) in [4.78, 5) is 0. The van der Waals surface area contributed by atoms with Crippen LogP contribution in [0.2, 0.25) is 0 Å². The van der Waals surface area contributed by atoms with Gasteiger partial charge in [0.2, 0.25) is 0 Å². The van der Waals surface area contributed by atoms with Crippen LogP contribution in [0.4, 0.5) is 0 Å². The smallest absolute Gasteiger partial charge is 0.0842 e. The van der Waals surface area contributed by atoms with E-state index in [-0.39, 0.29) is 6.10 Å². The van der Waals surface area contributed by atoms with Crippen LogP contribution in [0.1, 0.15) is 31.9 Å². The normalized spacial score (nSPS) is 27.2. The lowest BCUT2D eigenvalue weighted by Crippen LogP contribution is -2.03. The number of aliphatic hydroxyl groups excluding tert-OH is 1. The maximum absolute atomic E-state index is 10.0. The molecule has 1 fully saturated rings. The van der Waals surface area contributed by atoms with Crippen molar-refractivity contribution in [2.45, 2.75) is 26.4 Å². The monoisotopic (exact) mass is 260 g/mol. The third-order valence-corrected chi connectivity index (χ3v) is 4.68. The van der Waals surface area contributed by atoms with Gasteiger partial charge in [0, 0.05) is 15.4 Å². The molecule has 0 aliphatic heterocycles. The summed E-state index contributed by atoms with van der Waals surface area (Å²) in [5.41, 5.74) is 1.39. The third kappa shape index (κ3) is 1.69. The average Bonchev–Trinajstić information content (AvgIpc) is 2.49. The Kier molecular flexibility index (Phi) is 2.29. The summed E-state index contributed by atoms with van der Waals surface area (Å²) in [5.74, 6) is 0.443. The molecule has 2 unspecified atom stereocenters. The molecule has 0 spiro atoms. The molecule has 0 bridgehead atoms. The molecule has 2 atom stereocenters. The van der Waals surface area contributed by atoms with E-state index >= 15 is 0 Å². The van der Waals surface area contributed by atoms with Crippen molar-refractivity contribution >= 4 is 27.3 Å². The summed E-state index contributed by atoms with van der Waals surface area (Å²) in [5, 5.41) is 14.1. The number of halogens is 1. The van der Waals surface area contributed by atoms with Gasteiger partial charge < -0.3 is 5.11 Å². The average molecular weight is 261 g/mol. The molecule has 1 heterocycles. The van der Waals surface area contributed by atoms with Gasteiger partial charge in [-0.25, -0.2) is 0 Å². The van der Waals surface area contributed by atoms with Crippen LogP contribution in [0.15, 0.2) is 15.2 Å². The zero-order valence-electron chi connectivity index (χ0n) is 7.75. The van der Waals surface area contributed by atoms with Gasteiger partial charge in [-0.1, -0.05) is 13.8 Å². The highest BCUT2D eigenvalue weighted by Gasteiger charge is 2.50. The van der Waals surface area contributed by atoms with Gasteiger partial charge in [0.1, 0.15) is 0 Å². The first kappa shape index (κ1) is 9.69. The van der Waals surface area contributed by atoms with E-state index in [1.165, 1.54) is 0 Å².